The number of alkyl halides is 3. The van der Waals surface area contributed by atoms with E-state index < -0.39 is 18.0 Å². The fraction of sp³-hybridized carbons (Fsp3) is 0.167. The molecule has 0 aromatic heterocycles. The first-order valence-electron chi connectivity index (χ1n) is 4.90. The van der Waals surface area contributed by atoms with Gasteiger partial charge in [0.1, 0.15) is 11.9 Å². The van der Waals surface area contributed by atoms with E-state index in [0.717, 1.165) is 6.07 Å². The zero-order chi connectivity index (χ0) is 12.6. The monoisotopic (exact) mass is 243 g/mol. The molecule has 0 amide bonds. The number of hydrogen-bond donors (Lipinski definition) is 1. The van der Waals surface area contributed by atoms with E-state index >= 15 is 0 Å². The Labute approximate surface area is 94.8 Å². The van der Waals surface area contributed by atoms with Gasteiger partial charge in [-0.15, -0.1) is 0 Å². The molecule has 0 aliphatic heterocycles. The highest BCUT2D eigenvalue weighted by Gasteiger charge is 2.37. The average molecular weight is 243 g/mol. The summed E-state index contributed by atoms with van der Waals surface area (Å²) in [5.41, 5.74) is 4.92. The molecule has 0 saturated carbocycles. The number of fused-ring (bicyclic) bond motifs is 1. The first-order valence-corrected chi connectivity index (χ1v) is 4.90. The Morgan fingerprint density at radius 3 is 2.41 bits per heavy atom. The summed E-state index contributed by atoms with van der Waals surface area (Å²) in [6.45, 7) is 0. The lowest BCUT2D eigenvalue weighted by molar-refractivity contribution is -0.149. The molecule has 0 heterocycles. The van der Waals surface area contributed by atoms with Crippen LogP contribution >= 0.6 is 0 Å². The second-order valence-corrected chi connectivity index (χ2v) is 3.74. The lowest BCUT2D eigenvalue weighted by Crippen LogP contribution is -2.28. The topological polar surface area (TPSA) is 26.0 Å². The maximum absolute atomic E-state index is 13.4. The van der Waals surface area contributed by atoms with Crippen LogP contribution in [-0.4, -0.2) is 6.18 Å². The van der Waals surface area contributed by atoms with Gasteiger partial charge in [0.05, 0.1) is 0 Å². The van der Waals surface area contributed by atoms with Crippen LogP contribution < -0.4 is 5.73 Å². The Bertz CT molecular complexity index is 548. The second kappa shape index (κ2) is 4.00. The van der Waals surface area contributed by atoms with E-state index in [4.69, 9.17) is 5.73 Å². The van der Waals surface area contributed by atoms with Crippen molar-refractivity contribution in [2.45, 2.75) is 12.2 Å². The maximum Gasteiger partial charge on any atom is 0.407 e. The molecule has 2 N–H and O–H groups in total. The summed E-state index contributed by atoms with van der Waals surface area (Å²) in [6.07, 6.45) is -4.53. The van der Waals surface area contributed by atoms with E-state index in [1.165, 1.54) is 24.3 Å². The Morgan fingerprint density at radius 2 is 1.76 bits per heavy atom. The molecular weight excluding hydrogens is 234 g/mol. The molecule has 0 fully saturated rings. The number of hydrogen-bond acceptors (Lipinski definition) is 1. The van der Waals surface area contributed by atoms with Gasteiger partial charge in [0, 0.05) is 5.39 Å². The summed E-state index contributed by atoms with van der Waals surface area (Å²) in [5, 5.41) is 0.688. The zero-order valence-corrected chi connectivity index (χ0v) is 8.63. The SMILES string of the molecule is N[C@@H](c1ccc2cccc(F)c2c1)C(F)(F)F. The molecule has 17 heavy (non-hydrogen) atoms. The third kappa shape index (κ3) is 2.24. The maximum atomic E-state index is 13.4. The van der Waals surface area contributed by atoms with Crippen LogP contribution in [0.2, 0.25) is 0 Å². The molecule has 5 heteroatoms. The van der Waals surface area contributed by atoms with Gasteiger partial charge in [0.15, 0.2) is 0 Å². The van der Waals surface area contributed by atoms with Crippen molar-refractivity contribution in [3.8, 4) is 0 Å². The van der Waals surface area contributed by atoms with Crippen LogP contribution in [-0.2, 0) is 0 Å². The van der Waals surface area contributed by atoms with Gasteiger partial charge in [0.2, 0.25) is 0 Å². The quantitative estimate of drug-likeness (QED) is 0.761. The van der Waals surface area contributed by atoms with E-state index in [1.807, 2.05) is 0 Å². The van der Waals surface area contributed by atoms with Crippen LogP contribution in [0.3, 0.4) is 0 Å². The van der Waals surface area contributed by atoms with Crippen LogP contribution in [0, 0.1) is 5.82 Å². The Balaban J connectivity index is 2.55. The molecule has 0 saturated heterocycles. The minimum atomic E-state index is -4.53. The Kier molecular flexibility index (Phi) is 2.79. The van der Waals surface area contributed by atoms with Gasteiger partial charge in [0.25, 0.3) is 0 Å². The Hall–Kier alpha value is -1.62. The Morgan fingerprint density at radius 1 is 1.06 bits per heavy atom. The van der Waals surface area contributed by atoms with E-state index in [1.54, 1.807) is 6.07 Å². The summed E-state index contributed by atoms with van der Waals surface area (Å²) in [7, 11) is 0. The number of rotatable bonds is 1. The molecule has 0 radical (unpaired) electrons. The van der Waals surface area contributed by atoms with Gasteiger partial charge in [-0.05, 0) is 23.1 Å². The molecule has 2 rings (SSSR count). The average Bonchev–Trinajstić information content (AvgIpc) is 2.27. The summed E-state index contributed by atoms with van der Waals surface area (Å²) in [5.74, 6) is -0.557. The van der Waals surface area contributed by atoms with E-state index in [-0.39, 0.29) is 10.9 Å². The highest BCUT2D eigenvalue weighted by Crippen LogP contribution is 2.32. The molecule has 2 aromatic carbocycles. The molecule has 1 atom stereocenters. The van der Waals surface area contributed by atoms with Crippen molar-refractivity contribution >= 4 is 10.8 Å². The minimum Gasteiger partial charge on any atom is -0.316 e. The molecule has 0 unspecified atom stereocenters. The number of halogens is 4. The molecule has 0 aliphatic carbocycles. The lowest BCUT2D eigenvalue weighted by Gasteiger charge is -2.16. The van der Waals surface area contributed by atoms with Gasteiger partial charge in [-0.1, -0.05) is 24.3 Å². The summed E-state index contributed by atoms with van der Waals surface area (Å²) >= 11 is 0. The molecule has 0 aliphatic rings. The van der Waals surface area contributed by atoms with E-state index in [0.29, 0.717) is 5.39 Å². The van der Waals surface area contributed by atoms with Gasteiger partial charge >= 0.3 is 6.18 Å². The van der Waals surface area contributed by atoms with Gasteiger partial charge in [-0.25, -0.2) is 4.39 Å². The van der Waals surface area contributed by atoms with Crippen molar-refractivity contribution in [2.75, 3.05) is 0 Å². The minimum absolute atomic E-state index is 0.143. The van der Waals surface area contributed by atoms with Gasteiger partial charge in [-0.2, -0.15) is 13.2 Å². The standard InChI is InChI=1S/C12H9F4N/c13-10-3-1-2-7-4-5-8(6-9(7)10)11(17)12(14,15)16/h1-6,11H,17H2/t11-/m0/s1. The van der Waals surface area contributed by atoms with Crippen LogP contribution in [0.15, 0.2) is 36.4 Å². The predicted octanol–water partition coefficient (Wildman–Crippen LogP) is 3.54. The summed E-state index contributed by atoms with van der Waals surface area (Å²) in [6, 6.07) is 6.07. The highest BCUT2D eigenvalue weighted by atomic mass is 19.4. The lowest BCUT2D eigenvalue weighted by atomic mass is 10.0. The van der Waals surface area contributed by atoms with Crippen molar-refractivity contribution in [1.82, 2.24) is 0 Å². The van der Waals surface area contributed by atoms with E-state index in [9.17, 15) is 17.6 Å². The fourth-order valence-corrected chi connectivity index (χ4v) is 1.63. The summed E-state index contributed by atoms with van der Waals surface area (Å²) < 4.78 is 50.7. The smallest absolute Gasteiger partial charge is 0.316 e. The second-order valence-electron chi connectivity index (χ2n) is 3.74. The van der Waals surface area contributed by atoms with Gasteiger partial charge < -0.3 is 5.73 Å². The van der Waals surface area contributed by atoms with Crippen LogP contribution in [0.4, 0.5) is 17.6 Å². The first kappa shape index (κ1) is 11.9. The summed E-state index contributed by atoms with van der Waals surface area (Å²) in [4.78, 5) is 0. The van der Waals surface area contributed by atoms with Crippen LogP contribution in [0.25, 0.3) is 10.8 Å². The van der Waals surface area contributed by atoms with E-state index in [2.05, 4.69) is 0 Å². The number of benzene rings is 2. The molecule has 0 bridgehead atoms. The van der Waals surface area contributed by atoms with Crippen molar-refractivity contribution in [2.24, 2.45) is 5.73 Å². The third-order valence-electron chi connectivity index (χ3n) is 2.56. The first-order chi connectivity index (χ1) is 7.89. The zero-order valence-electron chi connectivity index (χ0n) is 8.63. The predicted molar refractivity (Wildman–Crippen MR) is 56.9 cm³/mol. The third-order valence-corrected chi connectivity index (χ3v) is 2.56. The molecule has 90 valence electrons. The van der Waals surface area contributed by atoms with Gasteiger partial charge in [-0.3, -0.25) is 0 Å². The van der Waals surface area contributed by atoms with Crippen LogP contribution in [0.1, 0.15) is 11.6 Å². The normalized spacial score (nSPS) is 13.9. The molecular formula is C12H9F4N. The number of nitrogens with two attached hydrogens (primary N) is 1. The van der Waals surface area contributed by atoms with Crippen molar-refractivity contribution in [3.63, 3.8) is 0 Å². The largest absolute Gasteiger partial charge is 0.407 e. The molecule has 1 nitrogen and oxygen atoms in total. The molecule has 0 spiro atoms. The van der Waals surface area contributed by atoms with Crippen molar-refractivity contribution < 1.29 is 17.6 Å². The van der Waals surface area contributed by atoms with Crippen LogP contribution in [0.5, 0.6) is 0 Å². The van der Waals surface area contributed by atoms with Crippen molar-refractivity contribution in [3.05, 3.63) is 47.8 Å². The molecule has 2 aromatic rings. The fourth-order valence-electron chi connectivity index (χ4n) is 1.63. The van der Waals surface area contributed by atoms with Crippen molar-refractivity contribution in [1.29, 1.82) is 0 Å². The highest BCUT2D eigenvalue weighted by molar-refractivity contribution is 5.83.